The quantitative estimate of drug-likeness (QED) is 0.696. The third-order valence-electron chi connectivity index (χ3n) is 6.19. The fraction of sp³-hybridized carbons (Fsp3) is 0.381. The van der Waals surface area contributed by atoms with Gasteiger partial charge in [-0.15, -0.1) is 0 Å². The van der Waals surface area contributed by atoms with E-state index in [1.807, 2.05) is 42.4 Å². The van der Waals surface area contributed by atoms with E-state index in [-0.39, 0.29) is 17.9 Å². The zero-order valence-corrected chi connectivity index (χ0v) is 16.7. The van der Waals surface area contributed by atoms with E-state index in [0.717, 1.165) is 16.8 Å². The van der Waals surface area contributed by atoms with Gasteiger partial charge in [0.15, 0.2) is 0 Å². The van der Waals surface area contributed by atoms with E-state index >= 15 is 0 Å². The van der Waals surface area contributed by atoms with E-state index in [4.69, 9.17) is 0 Å². The number of anilines is 1. The van der Waals surface area contributed by atoms with Crippen LogP contribution in [-0.4, -0.2) is 47.8 Å². The maximum atomic E-state index is 13.3. The molecular formula is C21H23N7O2. The summed E-state index contributed by atoms with van der Waals surface area (Å²) in [6.07, 6.45) is 8.44. The van der Waals surface area contributed by atoms with Crippen LogP contribution in [0.4, 0.5) is 5.69 Å². The second-order valence-corrected chi connectivity index (χ2v) is 7.92. The number of likely N-dealkylation sites (tertiary alicyclic amines) is 1. The van der Waals surface area contributed by atoms with Gasteiger partial charge in [-0.1, -0.05) is 18.2 Å². The van der Waals surface area contributed by atoms with Gasteiger partial charge in [-0.25, -0.2) is 4.98 Å². The van der Waals surface area contributed by atoms with Crippen LogP contribution in [0.15, 0.2) is 49.3 Å². The monoisotopic (exact) mass is 405 g/mol. The number of aromatic nitrogens is 5. The molecule has 2 aliphatic rings. The Kier molecular flexibility index (Phi) is 4.38. The first-order chi connectivity index (χ1) is 14.6. The maximum Gasteiger partial charge on any atom is 0.237 e. The fourth-order valence-electron chi connectivity index (χ4n) is 4.88. The van der Waals surface area contributed by atoms with Crippen molar-refractivity contribution < 1.29 is 9.59 Å². The van der Waals surface area contributed by atoms with Crippen LogP contribution in [0, 0.1) is 0 Å². The van der Waals surface area contributed by atoms with Crippen LogP contribution in [0.1, 0.15) is 36.4 Å². The Morgan fingerprint density at radius 1 is 1.30 bits per heavy atom. The minimum Gasteiger partial charge on any atom is -0.334 e. The molecule has 0 radical (unpaired) electrons. The number of hydrogen-bond donors (Lipinski definition) is 1. The molecule has 2 atom stereocenters. The van der Waals surface area contributed by atoms with Gasteiger partial charge >= 0.3 is 0 Å². The van der Waals surface area contributed by atoms with Gasteiger partial charge in [-0.05, 0) is 24.5 Å². The molecule has 5 rings (SSSR count). The number of carbonyl (C=O) groups is 2. The number of carbonyl (C=O) groups excluding carboxylic acids is 2. The predicted octanol–water partition coefficient (Wildman–Crippen LogP) is 1.66. The fourth-order valence-corrected chi connectivity index (χ4v) is 4.88. The molecular weight excluding hydrogens is 382 g/mol. The minimum absolute atomic E-state index is 0.0398. The van der Waals surface area contributed by atoms with Crippen LogP contribution < -0.4 is 5.32 Å². The molecule has 9 nitrogen and oxygen atoms in total. The van der Waals surface area contributed by atoms with Crippen molar-refractivity contribution in [2.45, 2.75) is 37.3 Å². The highest BCUT2D eigenvalue weighted by atomic mass is 16.2. The maximum absolute atomic E-state index is 13.3. The molecule has 1 saturated heterocycles. The Labute approximate surface area is 173 Å². The Hall–Kier alpha value is -3.49. The number of para-hydroxylation sites is 1. The van der Waals surface area contributed by atoms with Crippen LogP contribution in [0.3, 0.4) is 0 Å². The largest absolute Gasteiger partial charge is 0.334 e. The summed E-state index contributed by atoms with van der Waals surface area (Å²) in [7, 11) is 1.85. The first kappa shape index (κ1) is 18.5. The second kappa shape index (κ2) is 7.08. The first-order valence-corrected chi connectivity index (χ1v) is 10.1. The number of benzene rings is 1. The van der Waals surface area contributed by atoms with E-state index in [0.29, 0.717) is 32.4 Å². The van der Waals surface area contributed by atoms with Gasteiger partial charge in [0.2, 0.25) is 11.8 Å². The van der Waals surface area contributed by atoms with E-state index in [9.17, 15) is 9.59 Å². The Balaban J connectivity index is 1.47. The normalized spacial score (nSPS) is 22.5. The molecule has 1 fully saturated rings. The van der Waals surface area contributed by atoms with Crippen LogP contribution >= 0.6 is 0 Å². The van der Waals surface area contributed by atoms with Crippen LogP contribution in [0.2, 0.25) is 0 Å². The third kappa shape index (κ3) is 2.80. The molecule has 0 saturated carbocycles. The lowest BCUT2D eigenvalue weighted by Crippen LogP contribution is -2.42. The number of amides is 2. The summed E-state index contributed by atoms with van der Waals surface area (Å²) in [6, 6.07) is 7.40. The number of nitrogens with one attached hydrogen (secondary N) is 1. The van der Waals surface area contributed by atoms with Gasteiger partial charge in [0.25, 0.3) is 0 Å². The van der Waals surface area contributed by atoms with Crippen molar-refractivity contribution in [3.63, 3.8) is 0 Å². The first-order valence-electron chi connectivity index (χ1n) is 10.1. The summed E-state index contributed by atoms with van der Waals surface area (Å²) in [5, 5.41) is 11.4. The lowest BCUT2D eigenvalue weighted by molar-refractivity contribution is -0.133. The Morgan fingerprint density at radius 3 is 2.93 bits per heavy atom. The molecule has 2 aromatic heterocycles. The lowest BCUT2D eigenvalue weighted by Gasteiger charge is -2.33. The highest BCUT2D eigenvalue weighted by Gasteiger charge is 2.59. The molecule has 0 unspecified atom stereocenters. The number of rotatable bonds is 5. The molecule has 30 heavy (non-hydrogen) atoms. The van der Waals surface area contributed by atoms with E-state index in [2.05, 4.69) is 20.5 Å². The molecule has 0 aliphatic carbocycles. The highest BCUT2D eigenvalue weighted by Crippen LogP contribution is 2.54. The number of hydrogen-bond acceptors (Lipinski definition) is 5. The van der Waals surface area contributed by atoms with E-state index < -0.39 is 5.41 Å². The van der Waals surface area contributed by atoms with Crippen molar-refractivity contribution in [3.05, 3.63) is 60.4 Å². The average Bonchev–Trinajstić information content (AvgIpc) is 3.51. The van der Waals surface area contributed by atoms with Crippen molar-refractivity contribution in [2.75, 3.05) is 11.9 Å². The average molecular weight is 405 g/mol. The number of fused-ring (bicyclic) bond motifs is 2. The summed E-state index contributed by atoms with van der Waals surface area (Å²) in [5.41, 5.74) is 1.88. The minimum atomic E-state index is -0.790. The number of aryl methyl sites for hydroxylation is 2. The van der Waals surface area contributed by atoms with Gasteiger partial charge in [-0.3, -0.25) is 19.0 Å². The van der Waals surface area contributed by atoms with Crippen LogP contribution in [-0.2, 0) is 28.6 Å². The van der Waals surface area contributed by atoms with Crippen molar-refractivity contribution in [3.8, 4) is 0 Å². The summed E-state index contributed by atoms with van der Waals surface area (Å²) in [4.78, 5) is 32.3. The standard InChI is InChI=1S/C21H23N7O2/c1-26-12-15(11-23-26)19-21(16-5-2-3-6-17(16)25-20(21)30)8-10-28(19)18(29)7-4-9-27-14-22-13-24-27/h2-3,5-6,11-14,19H,4,7-10H2,1H3,(H,25,30)/t19-,21+/m0/s1. The zero-order chi connectivity index (χ0) is 20.7. The smallest absolute Gasteiger partial charge is 0.237 e. The van der Waals surface area contributed by atoms with Gasteiger partial charge in [0, 0.05) is 44.0 Å². The second-order valence-electron chi connectivity index (χ2n) is 7.92. The molecule has 1 N–H and O–H groups in total. The van der Waals surface area contributed by atoms with Gasteiger partial charge in [0.05, 0.1) is 12.2 Å². The molecule has 0 bridgehead atoms. The predicted molar refractivity (Wildman–Crippen MR) is 108 cm³/mol. The van der Waals surface area contributed by atoms with Crippen molar-refractivity contribution in [1.29, 1.82) is 0 Å². The molecule has 2 aliphatic heterocycles. The topological polar surface area (TPSA) is 97.9 Å². The van der Waals surface area contributed by atoms with E-state index in [1.54, 1.807) is 21.9 Å². The van der Waals surface area contributed by atoms with Gasteiger partial charge in [0.1, 0.15) is 18.1 Å². The summed E-state index contributed by atoms with van der Waals surface area (Å²) >= 11 is 0. The summed E-state index contributed by atoms with van der Waals surface area (Å²) in [6.45, 7) is 1.16. The molecule has 3 aromatic rings. The summed E-state index contributed by atoms with van der Waals surface area (Å²) < 4.78 is 3.44. The van der Waals surface area contributed by atoms with Crippen molar-refractivity contribution in [1.82, 2.24) is 29.4 Å². The van der Waals surface area contributed by atoms with Crippen LogP contribution in [0.5, 0.6) is 0 Å². The van der Waals surface area contributed by atoms with Crippen LogP contribution in [0.25, 0.3) is 0 Å². The van der Waals surface area contributed by atoms with E-state index in [1.165, 1.54) is 6.33 Å². The molecule has 4 heterocycles. The van der Waals surface area contributed by atoms with Crippen molar-refractivity contribution in [2.24, 2.45) is 7.05 Å². The SMILES string of the molecule is Cn1cc([C@@H]2N(C(=O)CCCn3cncn3)CC[C@]23C(=O)Nc2ccccc23)cn1. The van der Waals surface area contributed by atoms with Gasteiger partial charge in [-0.2, -0.15) is 10.2 Å². The Morgan fingerprint density at radius 2 is 2.17 bits per heavy atom. The number of nitrogens with zero attached hydrogens (tertiary/aromatic N) is 6. The Bertz CT molecular complexity index is 1090. The molecule has 9 heteroatoms. The molecule has 1 aromatic carbocycles. The zero-order valence-electron chi connectivity index (χ0n) is 16.7. The third-order valence-corrected chi connectivity index (χ3v) is 6.19. The molecule has 154 valence electrons. The molecule has 1 spiro atoms. The van der Waals surface area contributed by atoms with Crippen molar-refractivity contribution >= 4 is 17.5 Å². The van der Waals surface area contributed by atoms with Gasteiger partial charge < -0.3 is 10.2 Å². The highest BCUT2D eigenvalue weighted by molar-refractivity contribution is 6.07. The molecule has 2 amide bonds. The summed E-state index contributed by atoms with van der Waals surface area (Å²) in [5.74, 6) is -0.00602. The lowest BCUT2D eigenvalue weighted by atomic mass is 9.73.